The summed E-state index contributed by atoms with van der Waals surface area (Å²) in [6, 6.07) is 0. The zero-order chi connectivity index (χ0) is 7.11. The average Bonchev–Trinajstić information content (AvgIpc) is 2.43. The van der Waals surface area contributed by atoms with Crippen molar-refractivity contribution in [3.05, 3.63) is 0 Å². The van der Waals surface area contributed by atoms with E-state index in [1.165, 1.54) is 6.42 Å². The van der Waals surface area contributed by atoms with Gasteiger partial charge in [0.15, 0.2) is 0 Å². The topological polar surface area (TPSA) is 21.3 Å². The van der Waals surface area contributed by atoms with E-state index in [1.54, 1.807) is 7.11 Å². The summed E-state index contributed by atoms with van der Waals surface area (Å²) >= 11 is 0. The van der Waals surface area contributed by atoms with Crippen LogP contribution in [0.3, 0.4) is 0 Å². The maximum absolute atomic E-state index is 9.50. The lowest BCUT2D eigenvalue weighted by molar-refractivity contribution is 0.119. The van der Waals surface area contributed by atoms with Gasteiger partial charge in [-0.1, -0.05) is 0 Å². The first-order valence-corrected chi connectivity index (χ1v) is 3.05. The van der Waals surface area contributed by atoms with E-state index in [9.17, 15) is 4.39 Å². The van der Waals surface area contributed by atoms with E-state index in [1.807, 2.05) is 0 Å². The smallest absolute Gasteiger partial charge is 0.0785 e. The number of hydrogen-bond acceptors (Lipinski definition) is 2. The van der Waals surface area contributed by atoms with Crippen molar-refractivity contribution < 1.29 is 9.13 Å². The quantitative estimate of drug-likeness (QED) is 0.568. The van der Waals surface area contributed by atoms with Crippen LogP contribution in [0.5, 0.6) is 0 Å². The van der Waals surface area contributed by atoms with Gasteiger partial charge in [-0.25, -0.2) is 0 Å². The van der Waals surface area contributed by atoms with E-state index in [2.05, 4.69) is 5.32 Å². The highest BCUT2D eigenvalue weighted by Crippen LogP contribution is 1.99. The lowest BCUT2D eigenvalue weighted by Gasteiger charge is -2.01. The minimum absolute atomic E-state index is 0.486. The molecule has 0 aromatic heterocycles. The predicted octanol–water partition coefficient (Wildman–Crippen LogP) is 0.580. The third-order valence-electron chi connectivity index (χ3n) is 1.35. The summed E-state index contributed by atoms with van der Waals surface area (Å²) in [5.74, 6) is 0. The largest absolute Gasteiger partial charge is 0.380 e. The van der Waals surface area contributed by atoms with Gasteiger partial charge >= 0.3 is 0 Å². The highest BCUT2D eigenvalue weighted by Gasteiger charge is 2.11. The minimum Gasteiger partial charge on any atom is -0.380 e. The molecule has 1 rings (SSSR count). The molecule has 1 N–H and O–H groups in total. The molecule has 1 aliphatic rings. The zero-order valence-corrected chi connectivity index (χ0v) is 5.98. The first-order valence-electron chi connectivity index (χ1n) is 3.05. The van der Waals surface area contributed by atoms with Crippen molar-refractivity contribution in [1.82, 2.24) is 5.32 Å². The highest BCUT2D eigenvalue weighted by molar-refractivity contribution is 4.69. The van der Waals surface area contributed by atoms with Crippen LogP contribution in [-0.4, -0.2) is 33.5 Å². The number of hydrogen-bond donors (Lipinski definition) is 1. The normalized spacial score (nSPS) is 25.0. The molecule has 0 saturated carbocycles. The van der Waals surface area contributed by atoms with Crippen molar-refractivity contribution in [2.24, 2.45) is 0 Å². The molecule has 0 bridgehead atoms. The summed E-state index contributed by atoms with van der Waals surface area (Å²) in [5.41, 5.74) is 0. The number of halogens is 1. The van der Waals surface area contributed by atoms with Gasteiger partial charge in [0, 0.05) is 13.7 Å². The van der Waals surface area contributed by atoms with Gasteiger partial charge < -0.3 is 10.1 Å². The van der Waals surface area contributed by atoms with Crippen LogP contribution < -0.4 is 5.32 Å². The van der Waals surface area contributed by atoms with Gasteiger partial charge in [-0.15, -0.1) is 0 Å². The number of alkyl halides is 1. The lowest BCUT2D eigenvalue weighted by atomic mass is 10.3. The fourth-order valence-electron chi connectivity index (χ4n) is 0.829. The van der Waals surface area contributed by atoms with Crippen LogP contribution >= 0.6 is 0 Å². The van der Waals surface area contributed by atoms with Gasteiger partial charge in [0.05, 0.1) is 13.3 Å². The highest BCUT2D eigenvalue weighted by atomic mass is 19.1. The van der Waals surface area contributed by atoms with Gasteiger partial charge in [-0.3, -0.25) is 4.39 Å². The Labute approximate surface area is 55.4 Å². The second-order valence-electron chi connectivity index (χ2n) is 1.85. The first-order chi connectivity index (χ1) is 4.43. The molecule has 9 heavy (non-hydrogen) atoms. The maximum atomic E-state index is 9.50. The van der Waals surface area contributed by atoms with E-state index in [0.29, 0.717) is 13.3 Å². The van der Waals surface area contributed by atoms with Crippen LogP contribution in [0.1, 0.15) is 6.42 Å². The number of nitrogens with one attached hydrogen (secondary N) is 1. The Bertz CT molecular complexity index is 55.0. The van der Waals surface area contributed by atoms with E-state index in [-0.39, 0.29) is 0 Å². The second kappa shape index (κ2) is 5.98. The van der Waals surface area contributed by atoms with Gasteiger partial charge in [0.25, 0.3) is 0 Å². The van der Waals surface area contributed by atoms with E-state index >= 15 is 0 Å². The standard InChI is InChI=1S/C5H11NO.CH3F/c1-7-5-2-3-6-4-5;1-2/h5-6H,2-4H2,1H3;1H3/t5-;/m1./s1. The Morgan fingerprint density at radius 1 is 1.56 bits per heavy atom. The number of rotatable bonds is 1. The van der Waals surface area contributed by atoms with Crippen LogP contribution in [0.4, 0.5) is 4.39 Å². The lowest BCUT2D eigenvalue weighted by Crippen LogP contribution is -2.14. The predicted molar refractivity (Wildman–Crippen MR) is 35.3 cm³/mol. The number of methoxy groups -OCH3 is 1. The zero-order valence-electron chi connectivity index (χ0n) is 5.98. The van der Waals surface area contributed by atoms with Crippen LogP contribution in [0.15, 0.2) is 0 Å². The third kappa shape index (κ3) is 3.43. The minimum atomic E-state index is 0.486. The van der Waals surface area contributed by atoms with Crippen molar-refractivity contribution in [1.29, 1.82) is 0 Å². The average molecular weight is 135 g/mol. The molecule has 56 valence electrons. The van der Waals surface area contributed by atoms with E-state index in [0.717, 1.165) is 13.1 Å². The van der Waals surface area contributed by atoms with E-state index in [4.69, 9.17) is 4.74 Å². The van der Waals surface area contributed by atoms with Crippen LogP contribution in [0.2, 0.25) is 0 Å². The third-order valence-corrected chi connectivity index (χ3v) is 1.35. The van der Waals surface area contributed by atoms with Crippen molar-refractivity contribution in [3.8, 4) is 0 Å². The monoisotopic (exact) mass is 135 g/mol. The van der Waals surface area contributed by atoms with Crippen LogP contribution in [-0.2, 0) is 4.74 Å². The van der Waals surface area contributed by atoms with Gasteiger partial charge in [-0.05, 0) is 13.0 Å². The molecule has 0 radical (unpaired) electrons. The Hall–Kier alpha value is -0.150. The molecule has 0 spiro atoms. The molecule has 2 nitrogen and oxygen atoms in total. The second-order valence-corrected chi connectivity index (χ2v) is 1.85. The van der Waals surface area contributed by atoms with Crippen molar-refractivity contribution in [2.75, 3.05) is 27.4 Å². The molecule has 1 atom stereocenters. The van der Waals surface area contributed by atoms with Gasteiger partial charge in [-0.2, -0.15) is 0 Å². The van der Waals surface area contributed by atoms with Crippen molar-refractivity contribution in [2.45, 2.75) is 12.5 Å². The van der Waals surface area contributed by atoms with Crippen LogP contribution in [0.25, 0.3) is 0 Å². The molecule has 1 saturated heterocycles. The molecule has 0 aromatic rings. The molecule has 1 fully saturated rings. The summed E-state index contributed by atoms with van der Waals surface area (Å²) < 4.78 is 14.5. The van der Waals surface area contributed by atoms with Gasteiger partial charge in [0.2, 0.25) is 0 Å². The maximum Gasteiger partial charge on any atom is 0.0785 e. The first kappa shape index (κ1) is 8.85. The summed E-state index contributed by atoms with van der Waals surface area (Å²) in [5, 5.41) is 3.20. The molecule has 3 heteroatoms. The van der Waals surface area contributed by atoms with Crippen LogP contribution in [0, 0.1) is 0 Å². The molecule has 1 heterocycles. The molecular weight excluding hydrogens is 121 g/mol. The summed E-state index contributed by atoms with van der Waals surface area (Å²) in [4.78, 5) is 0. The van der Waals surface area contributed by atoms with Crippen molar-refractivity contribution >= 4 is 0 Å². The van der Waals surface area contributed by atoms with E-state index < -0.39 is 0 Å². The summed E-state index contributed by atoms with van der Waals surface area (Å²) in [6.45, 7) is 2.16. The summed E-state index contributed by atoms with van der Waals surface area (Å²) in [7, 11) is 2.26. The SMILES string of the molecule is CF.CO[C@@H]1CCNC1. The molecule has 0 aromatic carbocycles. The Morgan fingerprint density at radius 2 is 2.22 bits per heavy atom. The molecular formula is C6H14FNO. The fraction of sp³-hybridized carbons (Fsp3) is 1.00. The molecule has 0 amide bonds. The molecule has 0 aliphatic carbocycles. The molecule has 1 aliphatic heterocycles. The Balaban J connectivity index is 0.000000291. The fourth-order valence-corrected chi connectivity index (χ4v) is 0.829. The number of ether oxygens (including phenoxy) is 1. The van der Waals surface area contributed by atoms with Crippen molar-refractivity contribution in [3.63, 3.8) is 0 Å². The Morgan fingerprint density at radius 3 is 2.44 bits per heavy atom. The molecule has 0 unspecified atom stereocenters. The van der Waals surface area contributed by atoms with Gasteiger partial charge in [0.1, 0.15) is 0 Å². The Kier molecular flexibility index (Phi) is 5.88. The summed E-state index contributed by atoms with van der Waals surface area (Å²) in [6.07, 6.45) is 1.66.